The number of carboxylic acid groups (broad SMARTS) is 2. The van der Waals surface area contributed by atoms with Gasteiger partial charge in [-0.05, 0) is 91.5 Å². The molecule has 0 bridgehead atoms. The third-order valence-electron chi connectivity index (χ3n) is 10.8. The van der Waals surface area contributed by atoms with E-state index < -0.39 is 18.4 Å². The van der Waals surface area contributed by atoms with Crippen LogP contribution in [-0.4, -0.2) is 98.4 Å². The standard InChI is InChI=1S/C41H60N4O2.C3H4O4.Cr/c1-29-23-30(15-13-20-45-22-14-21-44-19-12-8-9-18-37(44)45)38(46)31(24-29)27-42-35-16-10-11-17-36(35)43-28-32-25-33(40(2,3)4)26-34(39(32)47)41(5,6)7;4-2(5)1-3(6)7;/h23-28,35-36H,8-22H2,1-7H3,(H-,42,43,46,47);1H2,(H,4,5)(H,6,7);/p+1. The number of hydrogen-bond donors (Lipinski definition) is 4. The van der Waals surface area contributed by atoms with E-state index >= 15 is 0 Å². The Kier molecular flexibility index (Phi) is 17.0. The molecule has 0 spiro atoms. The fourth-order valence-corrected chi connectivity index (χ4v) is 7.79. The molecule has 10 nitrogen and oxygen atoms in total. The largest absolute Gasteiger partial charge is 0.507 e. The second-order valence-corrected chi connectivity index (χ2v) is 17.4. The third kappa shape index (κ3) is 13.5. The number of phenols is 2. The molecule has 2 aliphatic heterocycles. The minimum absolute atomic E-state index is 0. The summed E-state index contributed by atoms with van der Waals surface area (Å²) in [5, 5.41) is 38.1. The van der Waals surface area contributed by atoms with Gasteiger partial charge in [0.2, 0.25) is 5.84 Å². The number of aromatic hydroxyl groups is 2. The van der Waals surface area contributed by atoms with Crippen molar-refractivity contribution in [2.45, 2.75) is 148 Å². The Morgan fingerprint density at radius 1 is 0.800 bits per heavy atom. The van der Waals surface area contributed by atoms with Gasteiger partial charge in [-0.2, -0.15) is 0 Å². The number of aryl methyl sites for hydroxylation is 2. The third-order valence-corrected chi connectivity index (χ3v) is 10.8. The maximum absolute atomic E-state index is 11.4. The Morgan fingerprint density at radius 2 is 1.40 bits per heavy atom. The summed E-state index contributed by atoms with van der Waals surface area (Å²) in [6.07, 6.45) is 15.5. The van der Waals surface area contributed by atoms with Crippen LogP contribution in [0.4, 0.5) is 0 Å². The van der Waals surface area contributed by atoms with Gasteiger partial charge in [-0.1, -0.05) is 66.5 Å². The normalized spacial score (nSPS) is 19.4. The molecular weight excluding hydrogens is 733 g/mol. The maximum Gasteiger partial charge on any atom is 0.314 e. The number of rotatable bonds is 10. The molecule has 0 amide bonds. The molecule has 55 heavy (non-hydrogen) atoms. The van der Waals surface area contributed by atoms with Crippen LogP contribution in [0.2, 0.25) is 0 Å². The zero-order chi connectivity index (χ0) is 39.6. The van der Waals surface area contributed by atoms with Gasteiger partial charge in [0, 0.05) is 59.3 Å². The summed E-state index contributed by atoms with van der Waals surface area (Å²) in [5.74, 6) is -0.365. The number of aliphatic imine (C=N–C) groups is 2. The van der Waals surface area contributed by atoms with E-state index in [9.17, 15) is 19.8 Å². The summed E-state index contributed by atoms with van der Waals surface area (Å²) >= 11 is 0. The average molecular weight is 798 g/mol. The summed E-state index contributed by atoms with van der Waals surface area (Å²) in [4.78, 5) is 31.6. The van der Waals surface area contributed by atoms with Gasteiger partial charge in [0.1, 0.15) is 17.9 Å². The zero-order valence-electron chi connectivity index (χ0n) is 34.2. The number of amidine groups is 1. The molecule has 4 N–H and O–H groups in total. The van der Waals surface area contributed by atoms with Crippen molar-refractivity contribution in [1.82, 2.24) is 4.90 Å². The van der Waals surface area contributed by atoms with E-state index in [2.05, 4.69) is 82.2 Å². The van der Waals surface area contributed by atoms with E-state index in [1.165, 1.54) is 50.8 Å². The summed E-state index contributed by atoms with van der Waals surface area (Å²) in [6.45, 7) is 19.8. The SMILES string of the molecule is Cc1cc(C=NC2CCCCC2N=Cc2cc(C(C)(C)C)cc(C(C)(C)C)c2O)c(O)c(CCCN2CCC[N+]3=C2CCCCC3)c1.O=C(O)CC(=O)O.[Cr]. The molecule has 1 aliphatic carbocycles. The minimum atomic E-state index is -1.31. The zero-order valence-corrected chi connectivity index (χ0v) is 35.5. The number of carbonyl (C=O) groups is 2. The summed E-state index contributed by atoms with van der Waals surface area (Å²) < 4.78 is 2.63. The van der Waals surface area contributed by atoms with Gasteiger partial charge in [0.05, 0.1) is 38.3 Å². The van der Waals surface area contributed by atoms with Gasteiger partial charge in [-0.25, -0.2) is 0 Å². The number of phenolic OH excluding ortho intramolecular Hbond substituents is 2. The second-order valence-electron chi connectivity index (χ2n) is 17.4. The number of benzene rings is 2. The van der Waals surface area contributed by atoms with E-state index in [-0.39, 0.29) is 40.3 Å². The first-order valence-corrected chi connectivity index (χ1v) is 20.0. The first-order valence-electron chi connectivity index (χ1n) is 20.0. The summed E-state index contributed by atoms with van der Waals surface area (Å²) in [6, 6.07) is 8.55. The molecule has 2 aromatic rings. The van der Waals surface area contributed by atoms with Crippen LogP contribution < -0.4 is 0 Å². The predicted molar refractivity (Wildman–Crippen MR) is 217 cm³/mol. The van der Waals surface area contributed by atoms with E-state index in [0.717, 1.165) is 79.4 Å². The second kappa shape index (κ2) is 20.5. The van der Waals surface area contributed by atoms with Crippen molar-refractivity contribution in [2.24, 2.45) is 9.98 Å². The average Bonchev–Trinajstić information content (AvgIpc) is 3.34. The van der Waals surface area contributed by atoms with E-state index in [1.807, 2.05) is 12.4 Å². The Morgan fingerprint density at radius 3 is 1.96 bits per heavy atom. The molecule has 1 fully saturated rings. The molecule has 5 rings (SSSR count). The van der Waals surface area contributed by atoms with Gasteiger partial charge in [0.25, 0.3) is 0 Å². The molecule has 0 radical (unpaired) electrons. The van der Waals surface area contributed by atoms with Crippen molar-refractivity contribution in [3.63, 3.8) is 0 Å². The number of hydrogen-bond acceptors (Lipinski definition) is 7. The van der Waals surface area contributed by atoms with Gasteiger partial charge in [0.15, 0.2) is 0 Å². The molecule has 2 aromatic carbocycles. The molecule has 2 heterocycles. The smallest absolute Gasteiger partial charge is 0.314 e. The molecule has 3 aliphatic rings. The quantitative estimate of drug-likeness (QED) is 0.108. The van der Waals surface area contributed by atoms with Crippen LogP contribution in [0.15, 0.2) is 34.3 Å². The van der Waals surface area contributed by atoms with Crippen LogP contribution in [0.25, 0.3) is 0 Å². The van der Waals surface area contributed by atoms with Crippen LogP contribution in [-0.2, 0) is 44.2 Å². The first kappa shape index (κ1) is 45.7. The number of aliphatic carboxylic acids is 2. The van der Waals surface area contributed by atoms with Crippen molar-refractivity contribution >= 4 is 30.2 Å². The molecule has 2 unspecified atom stereocenters. The van der Waals surface area contributed by atoms with Crippen LogP contribution in [0.3, 0.4) is 0 Å². The van der Waals surface area contributed by atoms with Gasteiger partial charge in [-0.3, -0.25) is 29.0 Å². The van der Waals surface area contributed by atoms with Crippen LogP contribution >= 0.6 is 0 Å². The Labute approximate surface area is 339 Å². The molecule has 302 valence electrons. The fraction of sp³-hybridized carbons (Fsp3) is 0.614. The van der Waals surface area contributed by atoms with Gasteiger partial charge >= 0.3 is 11.9 Å². The molecule has 0 saturated heterocycles. The minimum Gasteiger partial charge on any atom is -0.507 e. The van der Waals surface area contributed by atoms with Crippen molar-refractivity contribution in [2.75, 3.05) is 26.2 Å². The van der Waals surface area contributed by atoms with E-state index in [1.54, 1.807) is 5.84 Å². The van der Waals surface area contributed by atoms with Crippen molar-refractivity contribution < 1.29 is 52.0 Å². The van der Waals surface area contributed by atoms with E-state index in [4.69, 9.17) is 20.2 Å². The Balaban J connectivity index is 0.000000926. The monoisotopic (exact) mass is 797 g/mol. The molecule has 11 heteroatoms. The Bertz CT molecular complexity index is 1710. The Hall–Kier alpha value is -3.68. The number of carboxylic acids is 2. The van der Waals surface area contributed by atoms with Crippen LogP contribution in [0.1, 0.15) is 146 Å². The molecular formula is C44H65CrN4O6+. The first-order chi connectivity index (χ1) is 25.4. The summed E-state index contributed by atoms with van der Waals surface area (Å²) in [7, 11) is 0. The van der Waals surface area contributed by atoms with Crippen molar-refractivity contribution in [3.8, 4) is 11.5 Å². The van der Waals surface area contributed by atoms with Crippen LogP contribution in [0.5, 0.6) is 11.5 Å². The van der Waals surface area contributed by atoms with Crippen molar-refractivity contribution in [1.29, 1.82) is 0 Å². The van der Waals surface area contributed by atoms with Gasteiger partial charge in [-0.15, -0.1) is 0 Å². The van der Waals surface area contributed by atoms with Crippen molar-refractivity contribution in [3.05, 3.63) is 57.6 Å². The predicted octanol–water partition coefficient (Wildman–Crippen LogP) is 8.02. The van der Waals surface area contributed by atoms with E-state index in [0.29, 0.717) is 11.5 Å². The number of nitrogens with zero attached hydrogens (tertiary/aromatic N) is 4. The molecule has 1 saturated carbocycles. The molecule has 0 aromatic heterocycles. The molecule has 2 atom stereocenters. The topological polar surface area (TPSA) is 146 Å². The summed E-state index contributed by atoms with van der Waals surface area (Å²) in [5.41, 5.74) is 5.71. The van der Waals surface area contributed by atoms with Gasteiger partial charge < -0.3 is 20.4 Å². The maximum atomic E-state index is 11.4. The van der Waals surface area contributed by atoms with Crippen LogP contribution in [0, 0.1) is 6.92 Å². The fourth-order valence-electron chi connectivity index (χ4n) is 7.79.